The lowest BCUT2D eigenvalue weighted by Gasteiger charge is -2.34. The molecule has 20 heavy (non-hydrogen) atoms. The Morgan fingerprint density at radius 1 is 1.30 bits per heavy atom. The van der Waals surface area contributed by atoms with Gasteiger partial charge < -0.3 is 9.64 Å². The van der Waals surface area contributed by atoms with E-state index in [4.69, 9.17) is 4.74 Å². The zero-order valence-electron chi connectivity index (χ0n) is 11.8. The van der Waals surface area contributed by atoms with Gasteiger partial charge in [-0.05, 0) is 37.1 Å². The molecule has 5 heteroatoms. The van der Waals surface area contributed by atoms with Gasteiger partial charge in [-0.1, -0.05) is 6.07 Å². The monoisotopic (exact) mass is 270 g/mol. The van der Waals surface area contributed by atoms with Crippen molar-refractivity contribution in [1.29, 1.82) is 0 Å². The quantitative estimate of drug-likeness (QED) is 0.836. The van der Waals surface area contributed by atoms with Gasteiger partial charge >= 0.3 is 0 Å². The summed E-state index contributed by atoms with van der Waals surface area (Å²) in [6.07, 6.45) is 3.59. The van der Waals surface area contributed by atoms with Crippen LogP contribution in [-0.2, 0) is 4.74 Å². The summed E-state index contributed by atoms with van der Waals surface area (Å²) in [4.78, 5) is 6.62. The zero-order chi connectivity index (χ0) is 13.9. The molecule has 1 saturated heterocycles. The van der Waals surface area contributed by atoms with Crippen LogP contribution in [0.3, 0.4) is 0 Å². The molecule has 3 heterocycles. The van der Waals surface area contributed by atoms with Crippen molar-refractivity contribution in [3.63, 3.8) is 0 Å². The van der Waals surface area contributed by atoms with Crippen molar-refractivity contribution in [3.8, 4) is 0 Å². The second-order valence-corrected chi connectivity index (χ2v) is 5.04. The Kier molecular flexibility index (Phi) is 3.60. The average molecular weight is 270 g/mol. The summed E-state index contributed by atoms with van der Waals surface area (Å²) in [6, 6.07) is 5.91. The van der Waals surface area contributed by atoms with Crippen molar-refractivity contribution in [3.05, 3.63) is 47.4 Å². The molecule has 2 aromatic heterocycles. The maximum absolute atomic E-state index is 5.83. The van der Waals surface area contributed by atoms with Gasteiger partial charge in [0.1, 0.15) is 6.10 Å². The number of ether oxygens (including phenoxy) is 1. The fourth-order valence-electron chi connectivity index (χ4n) is 2.41. The zero-order valence-corrected chi connectivity index (χ0v) is 11.8. The summed E-state index contributed by atoms with van der Waals surface area (Å²) in [5, 5.41) is 8.36. The first-order valence-corrected chi connectivity index (χ1v) is 6.82. The van der Waals surface area contributed by atoms with Gasteiger partial charge in [0.15, 0.2) is 5.82 Å². The number of hydrogen-bond acceptors (Lipinski definition) is 5. The number of aryl methyl sites for hydroxylation is 1. The highest BCUT2D eigenvalue weighted by Crippen LogP contribution is 2.26. The van der Waals surface area contributed by atoms with Crippen molar-refractivity contribution in [2.24, 2.45) is 0 Å². The maximum Gasteiger partial charge on any atom is 0.154 e. The summed E-state index contributed by atoms with van der Waals surface area (Å²) >= 11 is 0. The van der Waals surface area contributed by atoms with Gasteiger partial charge in [0, 0.05) is 12.7 Å². The Hall–Kier alpha value is -2.01. The topological polar surface area (TPSA) is 51.1 Å². The number of rotatable bonds is 2. The Bertz CT molecular complexity index is 588. The number of aromatic nitrogens is 3. The third kappa shape index (κ3) is 2.49. The SMILES string of the molecule is Cc1cnnc(N2CCOC(c3ccccn3)C2)c1C. The molecule has 0 bridgehead atoms. The molecule has 0 amide bonds. The summed E-state index contributed by atoms with van der Waals surface area (Å²) in [6.45, 7) is 6.42. The molecule has 0 saturated carbocycles. The minimum absolute atomic E-state index is 0.00772. The third-order valence-corrected chi connectivity index (χ3v) is 3.71. The van der Waals surface area contributed by atoms with Crippen LogP contribution in [0.1, 0.15) is 22.9 Å². The lowest BCUT2D eigenvalue weighted by molar-refractivity contribution is 0.0367. The van der Waals surface area contributed by atoms with Gasteiger partial charge in [0.2, 0.25) is 0 Å². The third-order valence-electron chi connectivity index (χ3n) is 3.71. The molecule has 0 aliphatic carbocycles. The van der Waals surface area contributed by atoms with Gasteiger partial charge in [0.25, 0.3) is 0 Å². The highest BCUT2D eigenvalue weighted by Gasteiger charge is 2.25. The van der Waals surface area contributed by atoms with Crippen molar-refractivity contribution in [2.75, 3.05) is 24.6 Å². The van der Waals surface area contributed by atoms with E-state index in [-0.39, 0.29) is 6.10 Å². The van der Waals surface area contributed by atoms with E-state index in [0.29, 0.717) is 6.61 Å². The number of nitrogens with zero attached hydrogens (tertiary/aromatic N) is 4. The van der Waals surface area contributed by atoms with E-state index in [0.717, 1.165) is 30.2 Å². The number of hydrogen-bond donors (Lipinski definition) is 0. The smallest absolute Gasteiger partial charge is 0.154 e. The van der Waals surface area contributed by atoms with Crippen LogP contribution in [0.15, 0.2) is 30.6 Å². The maximum atomic E-state index is 5.83. The first-order valence-electron chi connectivity index (χ1n) is 6.82. The van der Waals surface area contributed by atoms with Crippen LogP contribution < -0.4 is 4.90 Å². The van der Waals surface area contributed by atoms with E-state index < -0.39 is 0 Å². The molecular weight excluding hydrogens is 252 g/mol. The van der Waals surface area contributed by atoms with Crippen LogP contribution >= 0.6 is 0 Å². The lowest BCUT2D eigenvalue weighted by atomic mass is 10.1. The fraction of sp³-hybridized carbons (Fsp3) is 0.400. The molecule has 1 unspecified atom stereocenters. The average Bonchev–Trinajstić information content (AvgIpc) is 2.51. The minimum Gasteiger partial charge on any atom is -0.368 e. The van der Waals surface area contributed by atoms with Crippen LogP contribution in [0.25, 0.3) is 0 Å². The lowest BCUT2D eigenvalue weighted by Crippen LogP contribution is -2.39. The van der Waals surface area contributed by atoms with E-state index in [1.165, 1.54) is 5.56 Å². The van der Waals surface area contributed by atoms with Crippen LogP contribution in [0.4, 0.5) is 5.82 Å². The summed E-state index contributed by atoms with van der Waals surface area (Å²) < 4.78 is 5.83. The molecule has 1 atom stereocenters. The van der Waals surface area contributed by atoms with Crippen LogP contribution in [-0.4, -0.2) is 34.9 Å². The Morgan fingerprint density at radius 2 is 2.20 bits per heavy atom. The molecule has 2 aromatic rings. The van der Waals surface area contributed by atoms with Crippen molar-refractivity contribution in [1.82, 2.24) is 15.2 Å². The molecule has 0 N–H and O–H groups in total. The van der Waals surface area contributed by atoms with Gasteiger partial charge in [-0.2, -0.15) is 5.10 Å². The van der Waals surface area contributed by atoms with E-state index in [9.17, 15) is 0 Å². The van der Waals surface area contributed by atoms with Gasteiger partial charge in [-0.3, -0.25) is 4.98 Å². The molecule has 0 spiro atoms. The standard InChI is InChI=1S/C15H18N4O/c1-11-9-17-18-15(12(11)2)19-7-8-20-14(10-19)13-5-3-4-6-16-13/h3-6,9,14H,7-8,10H2,1-2H3. The molecule has 1 fully saturated rings. The predicted octanol–water partition coefficient (Wildman–Crippen LogP) is 2.07. The van der Waals surface area contributed by atoms with Crippen molar-refractivity contribution < 1.29 is 4.74 Å². The Morgan fingerprint density at radius 3 is 3.00 bits per heavy atom. The normalized spacial score (nSPS) is 19.1. The molecule has 104 valence electrons. The van der Waals surface area contributed by atoms with Gasteiger partial charge in [0.05, 0.1) is 25.0 Å². The molecule has 0 radical (unpaired) electrons. The predicted molar refractivity (Wildman–Crippen MR) is 76.6 cm³/mol. The van der Waals surface area contributed by atoms with Gasteiger partial charge in [-0.15, -0.1) is 5.10 Å². The minimum atomic E-state index is -0.00772. The second-order valence-electron chi connectivity index (χ2n) is 5.04. The largest absolute Gasteiger partial charge is 0.368 e. The Labute approximate surface area is 118 Å². The molecular formula is C15H18N4O. The first-order chi connectivity index (χ1) is 9.75. The fourth-order valence-corrected chi connectivity index (χ4v) is 2.41. The van der Waals surface area contributed by atoms with E-state index >= 15 is 0 Å². The second kappa shape index (κ2) is 5.54. The van der Waals surface area contributed by atoms with Crippen LogP contribution in [0.2, 0.25) is 0 Å². The molecule has 1 aliphatic heterocycles. The van der Waals surface area contributed by atoms with Crippen LogP contribution in [0, 0.1) is 13.8 Å². The number of pyridine rings is 1. The Balaban J connectivity index is 1.83. The molecule has 0 aromatic carbocycles. The summed E-state index contributed by atoms with van der Waals surface area (Å²) in [5.74, 6) is 0.953. The van der Waals surface area contributed by atoms with E-state index in [1.807, 2.05) is 18.2 Å². The van der Waals surface area contributed by atoms with E-state index in [2.05, 4.69) is 33.9 Å². The van der Waals surface area contributed by atoms with Gasteiger partial charge in [-0.25, -0.2) is 0 Å². The molecule has 1 aliphatic rings. The molecule has 5 nitrogen and oxygen atoms in total. The highest BCUT2D eigenvalue weighted by molar-refractivity contribution is 5.48. The first kappa shape index (κ1) is 13.0. The summed E-state index contributed by atoms with van der Waals surface area (Å²) in [5.41, 5.74) is 3.31. The number of morpholine rings is 1. The summed E-state index contributed by atoms with van der Waals surface area (Å²) in [7, 11) is 0. The van der Waals surface area contributed by atoms with Crippen LogP contribution in [0.5, 0.6) is 0 Å². The number of anilines is 1. The highest BCUT2D eigenvalue weighted by atomic mass is 16.5. The van der Waals surface area contributed by atoms with Crippen molar-refractivity contribution >= 4 is 5.82 Å². The van der Waals surface area contributed by atoms with Crippen molar-refractivity contribution in [2.45, 2.75) is 20.0 Å². The molecule has 3 rings (SSSR count). The van der Waals surface area contributed by atoms with E-state index in [1.54, 1.807) is 12.4 Å².